The van der Waals surface area contributed by atoms with E-state index in [0.717, 1.165) is 65.5 Å². The predicted octanol–water partition coefficient (Wildman–Crippen LogP) is 3.08. The smallest absolute Gasteiger partial charge is 0.159 e. The second-order valence-corrected chi connectivity index (χ2v) is 7.85. The second kappa shape index (κ2) is 7.99. The maximum atomic E-state index is 13.6. The summed E-state index contributed by atoms with van der Waals surface area (Å²) in [5.74, 6) is 1.61. The van der Waals surface area contributed by atoms with E-state index in [9.17, 15) is 4.39 Å². The first-order chi connectivity index (χ1) is 14.0. The largest absolute Gasteiger partial charge is 0.496 e. The van der Waals surface area contributed by atoms with E-state index in [0.29, 0.717) is 6.73 Å². The van der Waals surface area contributed by atoms with Crippen LogP contribution < -0.4 is 20.3 Å². The summed E-state index contributed by atoms with van der Waals surface area (Å²) >= 11 is 0. The van der Waals surface area contributed by atoms with Gasteiger partial charge in [0.1, 0.15) is 17.7 Å². The van der Waals surface area contributed by atoms with Crippen molar-refractivity contribution in [1.82, 2.24) is 15.5 Å². The maximum absolute atomic E-state index is 13.6. The minimum atomic E-state index is -0.170. The molecule has 0 fully saturated rings. The number of halogens is 1. The lowest BCUT2D eigenvalue weighted by atomic mass is 9.99. The minimum absolute atomic E-state index is 0.00736. The van der Waals surface area contributed by atoms with Gasteiger partial charge in [-0.3, -0.25) is 5.32 Å². The highest BCUT2D eigenvalue weighted by molar-refractivity contribution is 5.82. The summed E-state index contributed by atoms with van der Waals surface area (Å²) in [6.07, 6.45) is 4.99. The van der Waals surface area contributed by atoms with Gasteiger partial charge in [-0.05, 0) is 49.6 Å². The molecule has 1 aromatic rings. The van der Waals surface area contributed by atoms with Crippen LogP contribution in [0.25, 0.3) is 5.76 Å². The lowest BCUT2D eigenvalue weighted by Crippen LogP contribution is -2.50. The van der Waals surface area contributed by atoms with Crippen molar-refractivity contribution >= 4 is 11.4 Å². The molecule has 0 spiro atoms. The molecule has 0 amide bonds. The van der Waals surface area contributed by atoms with Gasteiger partial charge >= 0.3 is 0 Å². The van der Waals surface area contributed by atoms with Crippen LogP contribution in [-0.4, -0.2) is 52.1 Å². The zero-order chi connectivity index (χ0) is 20.5. The first kappa shape index (κ1) is 19.6. The summed E-state index contributed by atoms with van der Waals surface area (Å²) in [5, 5.41) is 7.01. The van der Waals surface area contributed by atoms with E-state index in [1.165, 1.54) is 6.20 Å². The predicted molar refractivity (Wildman–Crippen MR) is 113 cm³/mol. The number of benzene rings is 1. The zero-order valence-electron chi connectivity index (χ0n) is 17.5. The monoisotopic (exact) mass is 400 g/mol. The maximum Gasteiger partial charge on any atom is 0.159 e. The first-order valence-electron chi connectivity index (χ1n) is 10.0. The van der Waals surface area contributed by atoms with Gasteiger partial charge in [-0.2, -0.15) is 0 Å². The van der Waals surface area contributed by atoms with Gasteiger partial charge < -0.3 is 24.6 Å². The molecule has 3 aliphatic heterocycles. The van der Waals surface area contributed by atoms with E-state index >= 15 is 0 Å². The highest BCUT2D eigenvalue weighted by Gasteiger charge is 2.35. The molecule has 0 radical (unpaired) electrons. The number of rotatable bonds is 6. The van der Waals surface area contributed by atoms with Crippen molar-refractivity contribution in [2.75, 3.05) is 45.9 Å². The molecule has 1 aromatic carbocycles. The van der Waals surface area contributed by atoms with Gasteiger partial charge in [-0.1, -0.05) is 0 Å². The van der Waals surface area contributed by atoms with E-state index in [2.05, 4.69) is 34.7 Å². The summed E-state index contributed by atoms with van der Waals surface area (Å²) < 4.78 is 25.0. The van der Waals surface area contributed by atoms with Crippen LogP contribution in [0.15, 0.2) is 41.5 Å². The third-order valence-electron chi connectivity index (χ3n) is 5.67. The van der Waals surface area contributed by atoms with Gasteiger partial charge in [-0.25, -0.2) is 4.39 Å². The highest BCUT2D eigenvalue weighted by atomic mass is 19.1. The van der Waals surface area contributed by atoms with Crippen molar-refractivity contribution in [3.63, 3.8) is 0 Å². The molecule has 1 unspecified atom stereocenters. The fourth-order valence-electron chi connectivity index (χ4n) is 4.29. The third-order valence-corrected chi connectivity index (χ3v) is 5.67. The molecule has 0 saturated carbocycles. The zero-order valence-corrected chi connectivity index (χ0v) is 17.5. The van der Waals surface area contributed by atoms with Crippen LogP contribution in [0.1, 0.15) is 24.0 Å². The SMILES string of the molecule is COc1cc2c(cc1C)C1=C(NCO1)C(NCCCC1=CC(F)=CN(C)C1)N2C. The van der Waals surface area contributed by atoms with Gasteiger partial charge in [-0.15, -0.1) is 0 Å². The summed E-state index contributed by atoms with van der Waals surface area (Å²) in [5.41, 5.74) is 5.44. The number of hydrogen-bond acceptors (Lipinski definition) is 6. The Balaban J connectivity index is 1.46. The second-order valence-electron chi connectivity index (χ2n) is 7.85. The molecule has 156 valence electrons. The molecule has 3 heterocycles. The fourth-order valence-corrected chi connectivity index (χ4v) is 4.29. The van der Waals surface area contributed by atoms with Gasteiger partial charge in [0, 0.05) is 38.5 Å². The fraction of sp³-hybridized carbons (Fsp3) is 0.455. The lowest BCUT2D eigenvalue weighted by molar-refractivity contribution is 0.291. The minimum Gasteiger partial charge on any atom is -0.496 e. The number of nitrogens with zero attached hydrogens (tertiary/aromatic N) is 2. The molecule has 4 rings (SSSR count). The van der Waals surface area contributed by atoms with Crippen molar-refractivity contribution in [2.45, 2.75) is 25.9 Å². The van der Waals surface area contributed by atoms with Crippen LogP contribution in [-0.2, 0) is 4.74 Å². The summed E-state index contributed by atoms with van der Waals surface area (Å²) in [4.78, 5) is 4.10. The van der Waals surface area contributed by atoms with Gasteiger partial charge in [0.05, 0.1) is 18.5 Å². The standard InChI is InChI=1S/C22H29FN4O2/c1-14-8-17-18(10-19(14)28-4)27(3)22(20-21(17)29-13-25-20)24-7-5-6-15-9-16(23)12-26(2)11-15/h8-10,12,22,24-25H,5-7,11,13H2,1-4H3. The van der Waals surface area contributed by atoms with E-state index in [4.69, 9.17) is 9.47 Å². The molecular weight excluding hydrogens is 371 g/mol. The van der Waals surface area contributed by atoms with Crippen LogP contribution in [0.5, 0.6) is 5.75 Å². The summed E-state index contributed by atoms with van der Waals surface area (Å²) in [7, 11) is 5.67. The Bertz CT molecular complexity index is 893. The van der Waals surface area contributed by atoms with Crippen molar-refractivity contribution in [2.24, 2.45) is 0 Å². The number of nitrogens with one attached hydrogen (secondary N) is 2. The molecule has 3 aliphatic rings. The van der Waals surface area contributed by atoms with Crippen molar-refractivity contribution < 1.29 is 13.9 Å². The number of hydrogen-bond donors (Lipinski definition) is 2. The Labute approximate surface area is 171 Å². The number of anilines is 1. The molecule has 29 heavy (non-hydrogen) atoms. The van der Waals surface area contributed by atoms with E-state index in [-0.39, 0.29) is 12.0 Å². The molecule has 0 saturated heterocycles. The Hall–Kier alpha value is -2.67. The Morgan fingerprint density at radius 2 is 2.17 bits per heavy atom. The Morgan fingerprint density at radius 1 is 1.34 bits per heavy atom. The molecule has 6 nitrogen and oxygen atoms in total. The van der Waals surface area contributed by atoms with E-state index < -0.39 is 0 Å². The summed E-state index contributed by atoms with van der Waals surface area (Å²) in [6, 6.07) is 4.19. The normalized spacial score (nSPS) is 20.5. The van der Waals surface area contributed by atoms with Crippen LogP contribution in [0.3, 0.4) is 0 Å². The van der Waals surface area contributed by atoms with Crippen molar-refractivity contribution in [3.8, 4) is 5.75 Å². The average Bonchev–Trinajstić information content (AvgIpc) is 3.16. The summed E-state index contributed by atoms with van der Waals surface area (Å²) in [6.45, 7) is 4.12. The number of aryl methyl sites for hydroxylation is 1. The molecule has 0 aromatic heterocycles. The van der Waals surface area contributed by atoms with Crippen molar-refractivity contribution in [3.05, 3.63) is 52.6 Å². The number of allylic oxidation sites excluding steroid dienone is 2. The number of methoxy groups -OCH3 is 1. The third kappa shape index (κ3) is 3.79. The van der Waals surface area contributed by atoms with Gasteiger partial charge in [0.15, 0.2) is 12.5 Å². The Morgan fingerprint density at radius 3 is 2.93 bits per heavy atom. The van der Waals surface area contributed by atoms with Gasteiger partial charge in [0.25, 0.3) is 0 Å². The molecule has 0 aliphatic carbocycles. The lowest BCUT2D eigenvalue weighted by Gasteiger charge is -2.37. The quantitative estimate of drug-likeness (QED) is 0.716. The van der Waals surface area contributed by atoms with E-state index in [1.807, 2.05) is 18.9 Å². The van der Waals surface area contributed by atoms with E-state index in [1.54, 1.807) is 13.2 Å². The number of likely N-dealkylation sites (N-methyl/N-ethyl adjacent to an activating group) is 2. The topological polar surface area (TPSA) is 49.0 Å². The van der Waals surface area contributed by atoms with Gasteiger partial charge in [0.2, 0.25) is 0 Å². The molecule has 1 atom stereocenters. The number of fused-ring (bicyclic) bond motifs is 2. The Kier molecular flexibility index (Phi) is 5.41. The van der Waals surface area contributed by atoms with Crippen LogP contribution in [0, 0.1) is 6.92 Å². The highest BCUT2D eigenvalue weighted by Crippen LogP contribution is 2.41. The molecule has 0 bridgehead atoms. The van der Waals surface area contributed by atoms with Crippen molar-refractivity contribution in [1.29, 1.82) is 0 Å². The molecule has 7 heteroatoms. The molecule has 2 N–H and O–H groups in total. The van der Waals surface area contributed by atoms with Crippen LogP contribution >= 0.6 is 0 Å². The average molecular weight is 400 g/mol. The molecular formula is C22H29FN4O2. The van der Waals surface area contributed by atoms with Crippen LogP contribution in [0.4, 0.5) is 10.1 Å². The first-order valence-corrected chi connectivity index (χ1v) is 10.0. The van der Waals surface area contributed by atoms with Crippen LogP contribution in [0.2, 0.25) is 0 Å². The number of ether oxygens (including phenoxy) is 2.